The van der Waals surface area contributed by atoms with Crippen LogP contribution >= 0.6 is 0 Å². The van der Waals surface area contributed by atoms with E-state index >= 15 is 0 Å². The van der Waals surface area contributed by atoms with Crippen LogP contribution in [-0.4, -0.2) is 49.1 Å². The number of carbonyl (C=O) groups excluding carboxylic acids is 1. The summed E-state index contributed by atoms with van der Waals surface area (Å²) in [5.41, 5.74) is 4.49. The maximum absolute atomic E-state index is 12.8. The van der Waals surface area contributed by atoms with Crippen LogP contribution in [0.2, 0.25) is 0 Å². The number of rotatable bonds is 5. The minimum Gasteiger partial charge on any atom is -0.378 e. The van der Waals surface area contributed by atoms with Crippen LogP contribution in [-0.2, 0) is 22.5 Å². The number of hydrogen-bond donors (Lipinski definition) is 1. The Balaban J connectivity index is 1.47. The van der Waals surface area contributed by atoms with E-state index < -0.39 is 0 Å². The molecule has 0 unspecified atom stereocenters. The van der Waals surface area contributed by atoms with Gasteiger partial charge >= 0.3 is 0 Å². The van der Waals surface area contributed by atoms with Gasteiger partial charge < -0.3 is 19.5 Å². The highest BCUT2D eigenvalue weighted by Crippen LogP contribution is 2.23. The van der Waals surface area contributed by atoms with Crippen molar-refractivity contribution in [3.05, 3.63) is 65.9 Å². The van der Waals surface area contributed by atoms with Crippen molar-refractivity contribution >= 4 is 22.5 Å². The standard InChI is InChI=1S/C22H25N3O2/c1-24(22(26)14-18-15-23-20-8-4-3-7-19(18)20)16-17-6-2-5-9-21(17)25-10-12-27-13-11-25/h2-9,15,23H,10-14,16H2,1H3. The first-order valence-electron chi connectivity index (χ1n) is 9.42. The highest BCUT2D eigenvalue weighted by Gasteiger charge is 2.18. The molecule has 2 heterocycles. The molecule has 5 nitrogen and oxygen atoms in total. The molecule has 0 saturated carbocycles. The van der Waals surface area contributed by atoms with E-state index in [1.165, 1.54) is 11.3 Å². The summed E-state index contributed by atoms with van der Waals surface area (Å²) >= 11 is 0. The number of carbonyl (C=O) groups is 1. The summed E-state index contributed by atoms with van der Waals surface area (Å²) in [5.74, 6) is 0.122. The zero-order valence-corrected chi connectivity index (χ0v) is 15.6. The molecule has 3 aromatic rings. The van der Waals surface area contributed by atoms with E-state index in [-0.39, 0.29) is 5.91 Å². The second-order valence-corrected chi connectivity index (χ2v) is 7.01. The maximum atomic E-state index is 12.8. The van der Waals surface area contributed by atoms with E-state index in [4.69, 9.17) is 4.74 Å². The van der Waals surface area contributed by atoms with Crippen LogP contribution in [0.5, 0.6) is 0 Å². The molecule has 0 radical (unpaired) electrons. The number of para-hydroxylation sites is 2. The van der Waals surface area contributed by atoms with E-state index in [1.54, 1.807) is 0 Å². The lowest BCUT2D eigenvalue weighted by molar-refractivity contribution is -0.129. The number of benzene rings is 2. The number of nitrogens with one attached hydrogen (secondary N) is 1. The molecule has 140 valence electrons. The Labute approximate surface area is 159 Å². The average molecular weight is 363 g/mol. The molecule has 1 fully saturated rings. The van der Waals surface area contributed by atoms with E-state index in [0.717, 1.165) is 42.8 Å². The number of nitrogens with zero attached hydrogens (tertiary/aromatic N) is 2. The summed E-state index contributed by atoms with van der Waals surface area (Å²) in [4.78, 5) is 20.2. The minimum absolute atomic E-state index is 0.122. The molecule has 1 saturated heterocycles. The molecule has 0 spiro atoms. The zero-order valence-electron chi connectivity index (χ0n) is 15.6. The third-order valence-electron chi connectivity index (χ3n) is 5.19. The summed E-state index contributed by atoms with van der Waals surface area (Å²) in [6.07, 6.45) is 2.35. The van der Waals surface area contributed by atoms with Crippen molar-refractivity contribution in [2.75, 3.05) is 38.3 Å². The Morgan fingerprint density at radius 3 is 2.67 bits per heavy atom. The highest BCUT2D eigenvalue weighted by molar-refractivity contribution is 5.88. The number of anilines is 1. The molecule has 0 atom stereocenters. The van der Waals surface area contributed by atoms with Gasteiger partial charge in [-0.3, -0.25) is 4.79 Å². The Morgan fingerprint density at radius 2 is 1.81 bits per heavy atom. The normalized spacial score (nSPS) is 14.5. The number of H-pyrrole nitrogens is 1. The molecule has 1 aliphatic heterocycles. The van der Waals surface area contributed by atoms with Gasteiger partial charge in [0, 0.05) is 49.5 Å². The Kier molecular flexibility index (Phi) is 5.12. The molecule has 1 N–H and O–H groups in total. The predicted molar refractivity (Wildman–Crippen MR) is 108 cm³/mol. The van der Waals surface area contributed by atoms with E-state index in [9.17, 15) is 4.79 Å². The monoisotopic (exact) mass is 363 g/mol. The van der Waals surface area contributed by atoms with Gasteiger partial charge in [0.15, 0.2) is 0 Å². The molecule has 1 aliphatic rings. The Hall–Kier alpha value is -2.79. The topological polar surface area (TPSA) is 48.6 Å². The smallest absolute Gasteiger partial charge is 0.227 e. The molecule has 2 aromatic carbocycles. The van der Waals surface area contributed by atoms with Crippen LogP contribution in [0.1, 0.15) is 11.1 Å². The summed E-state index contributed by atoms with van der Waals surface area (Å²) in [5, 5.41) is 1.12. The fourth-order valence-corrected chi connectivity index (χ4v) is 3.68. The van der Waals surface area contributed by atoms with E-state index in [1.807, 2.05) is 42.4 Å². The van der Waals surface area contributed by atoms with Crippen LogP contribution in [0.3, 0.4) is 0 Å². The third kappa shape index (κ3) is 3.83. The molecule has 0 aliphatic carbocycles. The predicted octanol–water partition coefficient (Wildman–Crippen LogP) is 3.21. The second kappa shape index (κ2) is 7.84. The molecule has 1 amide bonds. The van der Waals surface area contributed by atoms with Crippen LogP contribution in [0, 0.1) is 0 Å². The second-order valence-electron chi connectivity index (χ2n) is 7.01. The van der Waals surface area contributed by atoms with Crippen LogP contribution in [0.15, 0.2) is 54.7 Å². The number of morpholine rings is 1. The van der Waals surface area contributed by atoms with Crippen molar-refractivity contribution < 1.29 is 9.53 Å². The number of fused-ring (bicyclic) bond motifs is 1. The first-order valence-corrected chi connectivity index (χ1v) is 9.42. The minimum atomic E-state index is 0.122. The van der Waals surface area contributed by atoms with Crippen LogP contribution < -0.4 is 4.90 Å². The lowest BCUT2D eigenvalue weighted by Crippen LogP contribution is -2.37. The highest BCUT2D eigenvalue weighted by atomic mass is 16.5. The maximum Gasteiger partial charge on any atom is 0.227 e. The summed E-state index contributed by atoms with van der Waals surface area (Å²) in [6, 6.07) is 16.4. The van der Waals surface area contributed by atoms with Crippen molar-refractivity contribution in [3.63, 3.8) is 0 Å². The Bertz CT molecular complexity index is 928. The van der Waals surface area contributed by atoms with Crippen molar-refractivity contribution in [3.8, 4) is 0 Å². The molecule has 1 aromatic heterocycles. The van der Waals surface area contributed by atoms with Gasteiger partial charge in [-0.1, -0.05) is 36.4 Å². The van der Waals surface area contributed by atoms with Crippen molar-refractivity contribution in [1.82, 2.24) is 9.88 Å². The van der Waals surface area contributed by atoms with Gasteiger partial charge in [-0.2, -0.15) is 0 Å². The van der Waals surface area contributed by atoms with E-state index in [2.05, 4.69) is 34.1 Å². The van der Waals surface area contributed by atoms with Gasteiger partial charge in [-0.15, -0.1) is 0 Å². The number of aromatic amines is 1. The lowest BCUT2D eigenvalue weighted by Gasteiger charge is -2.31. The average Bonchev–Trinajstić information content (AvgIpc) is 3.12. The van der Waals surface area contributed by atoms with Crippen molar-refractivity contribution in [1.29, 1.82) is 0 Å². The van der Waals surface area contributed by atoms with Crippen LogP contribution in [0.4, 0.5) is 5.69 Å². The summed E-state index contributed by atoms with van der Waals surface area (Å²) < 4.78 is 5.47. The van der Waals surface area contributed by atoms with Crippen molar-refractivity contribution in [2.45, 2.75) is 13.0 Å². The number of hydrogen-bond acceptors (Lipinski definition) is 3. The fourth-order valence-electron chi connectivity index (χ4n) is 3.68. The molecule has 27 heavy (non-hydrogen) atoms. The fraction of sp³-hybridized carbons (Fsp3) is 0.318. The van der Waals surface area contributed by atoms with Gasteiger partial charge in [0.2, 0.25) is 5.91 Å². The molecule has 0 bridgehead atoms. The van der Waals surface area contributed by atoms with E-state index in [0.29, 0.717) is 13.0 Å². The molecular formula is C22H25N3O2. The third-order valence-corrected chi connectivity index (χ3v) is 5.19. The summed E-state index contributed by atoms with van der Waals surface area (Å²) in [7, 11) is 1.88. The zero-order chi connectivity index (χ0) is 18.6. The number of amides is 1. The van der Waals surface area contributed by atoms with Crippen molar-refractivity contribution in [2.24, 2.45) is 0 Å². The van der Waals surface area contributed by atoms with Gasteiger partial charge in [0.25, 0.3) is 0 Å². The number of ether oxygens (including phenoxy) is 1. The first-order chi connectivity index (χ1) is 13.2. The lowest BCUT2D eigenvalue weighted by atomic mass is 10.1. The van der Waals surface area contributed by atoms with Crippen LogP contribution in [0.25, 0.3) is 10.9 Å². The van der Waals surface area contributed by atoms with Gasteiger partial charge in [0.1, 0.15) is 0 Å². The van der Waals surface area contributed by atoms with Gasteiger partial charge in [0.05, 0.1) is 19.6 Å². The first kappa shape index (κ1) is 17.6. The molecule has 5 heteroatoms. The Morgan fingerprint density at radius 1 is 1.07 bits per heavy atom. The SMILES string of the molecule is CN(Cc1ccccc1N1CCOCC1)C(=O)Cc1c[nH]c2ccccc12. The number of aromatic nitrogens is 1. The number of likely N-dealkylation sites (N-methyl/N-ethyl adjacent to an activating group) is 1. The largest absolute Gasteiger partial charge is 0.378 e. The molecule has 4 rings (SSSR count). The van der Waals surface area contributed by atoms with Gasteiger partial charge in [-0.25, -0.2) is 0 Å². The quantitative estimate of drug-likeness (QED) is 0.757. The van der Waals surface area contributed by atoms with Gasteiger partial charge in [-0.05, 0) is 23.3 Å². The molecular weight excluding hydrogens is 338 g/mol. The summed E-state index contributed by atoms with van der Waals surface area (Å²) in [6.45, 7) is 3.90.